The predicted octanol–water partition coefficient (Wildman–Crippen LogP) is 2.36. The molecule has 0 saturated carbocycles. The van der Waals surface area contributed by atoms with Gasteiger partial charge in [-0.25, -0.2) is 0 Å². The number of nitrogen functional groups attached to an aromatic ring is 1. The van der Waals surface area contributed by atoms with Gasteiger partial charge in [0, 0.05) is 49.2 Å². The van der Waals surface area contributed by atoms with Crippen molar-refractivity contribution in [3.8, 4) is 17.2 Å². The Morgan fingerprint density at radius 3 is 2.68 bits per heavy atom. The maximum absolute atomic E-state index is 9.30. The van der Waals surface area contributed by atoms with Gasteiger partial charge in [-0.05, 0) is 11.6 Å². The van der Waals surface area contributed by atoms with Gasteiger partial charge in [0.05, 0.1) is 20.3 Å². The number of hydrogen-bond donors (Lipinski definition) is 2. The minimum Gasteiger partial charge on any atom is -0.497 e. The van der Waals surface area contributed by atoms with Crippen LogP contribution in [0.5, 0.6) is 0 Å². The molecule has 0 aromatic carbocycles. The van der Waals surface area contributed by atoms with Gasteiger partial charge in [0.1, 0.15) is 23.2 Å². The number of rotatable bonds is 5. The first-order chi connectivity index (χ1) is 12.1. The molecule has 0 radical (unpaired) electrons. The molecule has 0 aromatic rings. The van der Waals surface area contributed by atoms with Crippen molar-refractivity contribution in [1.82, 2.24) is 9.97 Å². The summed E-state index contributed by atoms with van der Waals surface area (Å²) in [6.07, 6.45) is 6.36. The number of methoxy groups -OCH3 is 3. The molecule has 7 heteroatoms. The number of allylic oxidation sites excluding steroid dienone is 1. The SMILES string of the molecule is COC1=C(OC)CC(OC)C(Cc2[nH]c(N)c(C#N)c3cncc2-3)=C1. The molecule has 2 aliphatic heterocycles. The summed E-state index contributed by atoms with van der Waals surface area (Å²) in [4.78, 5) is 7.31. The third-order valence-corrected chi connectivity index (χ3v) is 4.47. The summed E-state index contributed by atoms with van der Waals surface area (Å²) in [5, 5.41) is 9.30. The molecule has 3 N–H and O–H groups in total. The first kappa shape index (κ1) is 16.9. The monoisotopic (exact) mass is 340 g/mol. The summed E-state index contributed by atoms with van der Waals surface area (Å²) < 4.78 is 16.4. The first-order valence-electron chi connectivity index (χ1n) is 7.81. The Kier molecular flexibility index (Phi) is 4.63. The molecular weight excluding hydrogens is 320 g/mol. The Labute approximate surface area is 146 Å². The minimum absolute atomic E-state index is 0.128. The number of hydrogen-bond acceptors (Lipinski definition) is 6. The number of nitrogens with one attached hydrogen (secondary N) is 1. The lowest BCUT2D eigenvalue weighted by atomic mass is 9.92. The first-order valence-corrected chi connectivity index (χ1v) is 7.81. The van der Waals surface area contributed by atoms with E-state index in [1.165, 1.54) is 0 Å². The molecule has 1 unspecified atom stereocenters. The van der Waals surface area contributed by atoms with Crippen LogP contribution in [-0.4, -0.2) is 37.4 Å². The summed E-state index contributed by atoms with van der Waals surface area (Å²) in [5.74, 6) is 1.77. The van der Waals surface area contributed by atoms with E-state index in [4.69, 9.17) is 19.9 Å². The number of ether oxygens (including phenoxy) is 3. The molecule has 0 aromatic heterocycles. The van der Waals surface area contributed by atoms with E-state index in [9.17, 15) is 5.26 Å². The van der Waals surface area contributed by atoms with Crippen molar-refractivity contribution in [2.45, 2.75) is 18.9 Å². The fourth-order valence-electron chi connectivity index (χ4n) is 3.16. The van der Waals surface area contributed by atoms with Crippen molar-refractivity contribution < 1.29 is 14.2 Å². The molecule has 0 bridgehead atoms. The zero-order valence-corrected chi connectivity index (χ0v) is 14.4. The second-order valence-electron chi connectivity index (χ2n) is 5.76. The molecular formula is C18H20N4O3. The van der Waals surface area contributed by atoms with Gasteiger partial charge in [-0.2, -0.15) is 5.26 Å². The van der Waals surface area contributed by atoms with Gasteiger partial charge in [-0.3, -0.25) is 4.98 Å². The smallest absolute Gasteiger partial charge is 0.156 e. The second kappa shape index (κ2) is 6.87. The molecule has 130 valence electrons. The highest BCUT2D eigenvalue weighted by Gasteiger charge is 2.27. The van der Waals surface area contributed by atoms with Crippen LogP contribution in [0.25, 0.3) is 11.1 Å². The Bertz CT molecular complexity index is 860. The molecule has 3 aliphatic rings. The summed E-state index contributed by atoms with van der Waals surface area (Å²) in [6.45, 7) is 0. The average molecular weight is 340 g/mol. The highest BCUT2D eigenvalue weighted by molar-refractivity contribution is 5.78. The zero-order valence-electron chi connectivity index (χ0n) is 14.4. The molecule has 7 nitrogen and oxygen atoms in total. The molecule has 0 fully saturated rings. The van der Waals surface area contributed by atoms with Crippen LogP contribution >= 0.6 is 0 Å². The van der Waals surface area contributed by atoms with Crippen LogP contribution in [0.1, 0.15) is 17.7 Å². The third-order valence-electron chi connectivity index (χ3n) is 4.47. The van der Waals surface area contributed by atoms with Gasteiger partial charge in [0.25, 0.3) is 0 Å². The zero-order chi connectivity index (χ0) is 18.0. The van der Waals surface area contributed by atoms with E-state index in [-0.39, 0.29) is 6.10 Å². The van der Waals surface area contributed by atoms with E-state index in [0.717, 1.165) is 28.2 Å². The molecule has 1 atom stereocenters. The maximum atomic E-state index is 9.30. The topological polar surface area (TPSA) is 106 Å². The van der Waals surface area contributed by atoms with Gasteiger partial charge < -0.3 is 24.9 Å². The van der Waals surface area contributed by atoms with Crippen molar-refractivity contribution in [2.24, 2.45) is 0 Å². The number of fused-ring (bicyclic) bond motifs is 1. The number of anilines is 1. The fraction of sp³-hybridized carbons (Fsp3) is 0.333. The van der Waals surface area contributed by atoms with E-state index in [2.05, 4.69) is 16.0 Å². The lowest BCUT2D eigenvalue weighted by Crippen LogP contribution is -2.22. The van der Waals surface area contributed by atoms with E-state index in [0.29, 0.717) is 30.0 Å². The van der Waals surface area contributed by atoms with E-state index in [1.54, 1.807) is 33.7 Å². The largest absolute Gasteiger partial charge is 0.497 e. The molecule has 0 saturated heterocycles. The second-order valence-corrected chi connectivity index (χ2v) is 5.76. The number of aromatic nitrogens is 2. The predicted molar refractivity (Wildman–Crippen MR) is 92.6 cm³/mol. The lowest BCUT2D eigenvalue weighted by molar-refractivity contribution is 0.101. The Morgan fingerprint density at radius 2 is 2.04 bits per heavy atom. The standard InChI is InChI=1S/C18H20N4O3/c1-23-15-6-17(25-3)16(24-2)5-10(15)4-14-13-9-21-8-12(13)11(7-19)18(20)22-14/h5,8-9,15,22H,4,6,20H2,1-3H3. The number of nitriles is 1. The summed E-state index contributed by atoms with van der Waals surface area (Å²) in [6, 6.07) is 2.13. The molecule has 0 spiro atoms. The summed E-state index contributed by atoms with van der Waals surface area (Å²) in [7, 11) is 4.90. The summed E-state index contributed by atoms with van der Waals surface area (Å²) >= 11 is 0. The normalized spacial score (nSPS) is 17.4. The molecule has 1 aliphatic carbocycles. The van der Waals surface area contributed by atoms with E-state index < -0.39 is 0 Å². The molecule has 0 amide bonds. The quantitative estimate of drug-likeness (QED) is 0.865. The average Bonchev–Trinajstić information content (AvgIpc) is 3.11. The number of nitrogens with zero attached hydrogens (tertiary/aromatic N) is 2. The highest BCUT2D eigenvalue weighted by Crippen LogP contribution is 2.35. The van der Waals surface area contributed by atoms with Crippen molar-refractivity contribution in [3.63, 3.8) is 0 Å². The number of pyridine rings is 1. The van der Waals surface area contributed by atoms with Crippen LogP contribution in [0.3, 0.4) is 0 Å². The molecule has 2 heterocycles. The number of aromatic amines is 1. The van der Waals surface area contributed by atoms with Crippen LogP contribution < -0.4 is 5.73 Å². The van der Waals surface area contributed by atoms with Gasteiger partial charge in [0.2, 0.25) is 0 Å². The van der Waals surface area contributed by atoms with Crippen LogP contribution in [0, 0.1) is 11.3 Å². The van der Waals surface area contributed by atoms with E-state index >= 15 is 0 Å². The number of nitrogens with two attached hydrogens (primary N) is 1. The van der Waals surface area contributed by atoms with Crippen LogP contribution in [0.2, 0.25) is 0 Å². The minimum atomic E-state index is -0.128. The van der Waals surface area contributed by atoms with Gasteiger partial charge >= 0.3 is 0 Å². The maximum Gasteiger partial charge on any atom is 0.156 e. The van der Waals surface area contributed by atoms with Crippen molar-refractivity contribution in [2.75, 3.05) is 27.1 Å². The highest BCUT2D eigenvalue weighted by atomic mass is 16.5. The summed E-state index contributed by atoms with van der Waals surface area (Å²) in [5.41, 5.74) is 9.97. The van der Waals surface area contributed by atoms with Gasteiger partial charge in [-0.15, -0.1) is 0 Å². The van der Waals surface area contributed by atoms with Crippen LogP contribution in [-0.2, 0) is 20.6 Å². The van der Waals surface area contributed by atoms with Crippen molar-refractivity contribution in [1.29, 1.82) is 5.26 Å². The molecule has 25 heavy (non-hydrogen) atoms. The Hall–Kier alpha value is -2.98. The Morgan fingerprint density at radius 1 is 1.28 bits per heavy atom. The lowest BCUT2D eigenvalue weighted by Gasteiger charge is -2.26. The van der Waals surface area contributed by atoms with Gasteiger partial charge in [0.15, 0.2) is 5.76 Å². The molecule has 3 rings (SSSR count). The number of H-pyrrole nitrogens is 1. The fourth-order valence-corrected chi connectivity index (χ4v) is 3.16. The van der Waals surface area contributed by atoms with Gasteiger partial charge in [-0.1, -0.05) is 0 Å². The Balaban J connectivity index is 2.03. The van der Waals surface area contributed by atoms with Crippen LogP contribution in [0.15, 0.2) is 35.6 Å². The van der Waals surface area contributed by atoms with E-state index in [1.807, 2.05) is 6.08 Å². The van der Waals surface area contributed by atoms with Crippen molar-refractivity contribution >= 4 is 5.82 Å². The third kappa shape index (κ3) is 2.92. The van der Waals surface area contributed by atoms with Crippen molar-refractivity contribution in [3.05, 3.63) is 46.8 Å². The van der Waals surface area contributed by atoms with Crippen LogP contribution in [0.4, 0.5) is 5.82 Å².